The summed E-state index contributed by atoms with van der Waals surface area (Å²) in [7, 11) is 0. The summed E-state index contributed by atoms with van der Waals surface area (Å²) in [5.74, 6) is 0.817. The lowest BCUT2D eigenvalue weighted by Gasteiger charge is -2.43. The van der Waals surface area contributed by atoms with Crippen molar-refractivity contribution in [2.45, 2.75) is 70.6 Å². The van der Waals surface area contributed by atoms with E-state index in [0.29, 0.717) is 34.7 Å². The molecule has 4 heterocycles. The lowest BCUT2D eigenvalue weighted by Crippen LogP contribution is -2.50. The topological polar surface area (TPSA) is 108 Å². The minimum absolute atomic E-state index is 0.0704. The van der Waals surface area contributed by atoms with Gasteiger partial charge in [-0.05, 0) is 49.7 Å². The largest absolute Gasteiger partial charge is 0.375 e. The highest BCUT2D eigenvalue weighted by molar-refractivity contribution is 7.19. The van der Waals surface area contributed by atoms with Gasteiger partial charge in [0.1, 0.15) is 0 Å². The second-order valence-electron chi connectivity index (χ2n) is 10.7. The summed E-state index contributed by atoms with van der Waals surface area (Å²) in [5, 5.41) is 24.1. The third kappa shape index (κ3) is 6.45. The van der Waals surface area contributed by atoms with Crippen LogP contribution in [-0.4, -0.2) is 82.2 Å². The van der Waals surface area contributed by atoms with Crippen molar-refractivity contribution in [3.05, 3.63) is 18.3 Å². The number of anilines is 3. The predicted octanol–water partition coefficient (Wildman–Crippen LogP) is 3.02. The molecule has 3 aliphatic rings. The van der Waals surface area contributed by atoms with Crippen molar-refractivity contribution in [2.24, 2.45) is 5.41 Å². The quantitative estimate of drug-likeness (QED) is 0.593. The lowest BCUT2D eigenvalue weighted by molar-refractivity contribution is -0.122. The van der Waals surface area contributed by atoms with Gasteiger partial charge < -0.3 is 20.3 Å². The van der Waals surface area contributed by atoms with Crippen molar-refractivity contribution in [1.82, 2.24) is 25.3 Å². The Morgan fingerprint density at radius 3 is 2.77 bits per heavy atom. The van der Waals surface area contributed by atoms with Crippen LogP contribution in [0.3, 0.4) is 0 Å². The number of nitrogens with one attached hydrogen (secondary N) is 2. The van der Waals surface area contributed by atoms with Crippen LogP contribution in [-0.2, 0) is 9.53 Å². The standard InChI is InChI=1S/C24H36N8O2S/c1-24(2)8-5-18(6-9-24)31-12-13-34-19(16-31)14-21(33)27-23-30-29-22(35-23)26-17-7-11-32(15-17)20-4-3-10-25-28-20/h3-4,10,17-19H,5-9,11-16H2,1-2H3,(H,26,29)(H,27,30,33)/t17-,19?/m1/s1. The summed E-state index contributed by atoms with van der Waals surface area (Å²) in [6, 6.07) is 4.74. The first-order valence-corrected chi connectivity index (χ1v) is 13.5. The summed E-state index contributed by atoms with van der Waals surface area (Å²) in [6.45, 7) is 8.95. The summed E-state index contributed by atoms with van der Waals surface area (Å²) in [6.07, 6.45) is 7.95. The first-order valence-electron chi connectivity index (χ1n) is 12.7. The van der Waals surface area contributed by atoms with Gasteiger partial charge in [-0.2, -0.15) is 5.10 Å². The van der Waals surface area contributed by atoms with Gasteiger partial charge in [0.15, 0.2) is 5.82 Å². The Bertz CT molecular complexity index is 977. The van der Waals surface area contributed by atoms with Crippen LogP contribution >= 0.6 is 11.3 Å². The smallest absolute Gasteiger partial charge is 0.228 e. The molecule has 2 aromatic rings. The molecule has 0 radical (unpaired) electrons. The molecule has 10 nitrogen and oxygen atoms in total. The van der Waals surface area contributed by atoms with Crippen LogP contribution in [0, 0.1) is 5.41 Å². The molecule has 2 aliphatic heterocycles. The average Bonchev–Trinajstić information content (AvgIpc) is 3.49. The van der Waals surface area contributed by atoms with E-state index in [-0.39, 0.29) is 18.1 Å². The monoisotopic (exact) mass is 500 g/mol. The number of ether oxygens (including phenoxy) is 1. The maximum atomic E-state index is 12.7. The average molecular weight is 501 g/mol. The lowest BCUT2D eigenvalue weighted by atomic mass is 9.75. The number of morpholine rings is 1. The number of amides is 1. The van der Waals surface area contributed by atoms with E-state index in [9.17, 15) is 4.79 Å². The van der Waals surface area contributed by atoms with E-state index in [1.165, 1.54) is 37.0 Å². The zero-order valence-corrected chi connectivity index (χ0v) is 21.5. The molecule has 1 saturated carbocycles. The summed E-state index contributed by atoms with van der Waals surface area (Å²) in [4.78, 5) is 17.4. The van der Waals surface area contributed by atoms with Crippen molar-refractivity contribution >= 4 is 33.3 Å². The van der Waals surface area contributed by atoms with E-state index in [0.717, 1.165) is 38.4 Å². The Hall–Kier alpha value is -2.37. The molecule has 0 spiro atoms. The predicted molar refractivity (Wildman–Crippen MR) is 137 cm³/mol. The molecule has 35 heavy (non-hydrogen) atoms. The fraction of sp³-hybridized carbons (Fsp3) is 0.708. The van der Waals surface area contributed by atoms with Gasteiger partial charge in [-0.15, -0.1) is 15.3 Å². The van der Waals surface area contributed by atoms with Crippen LogP contribution in [0.1, 0.15) is 52.4 Å². The molecule has 0 aromatic carbocycles. The first kappa shape index (κ1) is 24.3. The van der Waals surface area contributed by atoms with Crippen molar-refractivity contribution in [3.63, 3.8) is 0 Å². The normalized spacial score (nSPS) is 25.5. The van der Waals surface area contributed by atoms with Gasteiger partial charge >= 0.3 is 0 Å². The van der Waals surface area contributed by atoms with E-state index in [1.807, 2.05) is 12.1 Å². The number of aromatic nitrogens is 4. The number of carbonyl (C=O) groups excluding carboxylic acids is 1. The summed E-state index contributed by atoms with van der Waals surface area (Å²) in [5.41, 5.74) is 0.464. The molecule has 2 atom stereocenters. The molecule has 2 saturated heterocycles. The van der Waals surface area contributed by atoms with Crippen LogP contribution in [0.5, 0.6) is 0 Å². The minimum Gasteiger partial charge on any atom is -0.375 e. The van der Waals surface area contributed by atoms with Crippen molar-refractivity contribution in [3.8, 4) is 0 Å². The molecule has 3 fully saturated rings. The summed E-state index contributed by atoms with van der Waals surface area (Å²) < 4.78 is 5.93. The molecule has 2 N–H and O–H groups in total. The van der Waals surface area contributed by atoms with E-state index in [4.69, 9.17) is 4.74 Å². The van der Waals surface area contributed by atoms with E-state index >= 15 is 0 Å². The van der Waals surface area contributed by atoms with Crippen LogP contribution in [0.2, 0.25) is 0 Å². The highest BCUT2D eigenvalue weighted by atomic mass is 32.1. The molecule has 1 unspecified atom stereocenters. The zero-order chi connectivity index (χ0) is 24.3. The molecule has 11 heteroatoms. The third-order valence-corrected chi connectivity index (χ3v) is 8.25. The highest BCUT2D eigenvalue weighted by Crippen LogP contribution is 2.37. The number of hydrogen-bond donors (Lipinski definition) is 2. The van der Waals surface area contributed by atoms with Crippen LogP contribution < -0.4 is 15.5 Å². The van der Waals surface area contributed by atoms with Crippen LogP contribution in [0.25, 0.3) is 0 Å². The maximum absolute atomic E-state index is 12.7. The molecule has 5 rings (SSSR count). The Morgan fingerprint density at radius 2 is 1.97 bits per heavy atom. The number of carbonyl (C=O) groups is 1. The van der Waals surface area contributed by atoms with Gasteiger partial charge in [-0.3, -0.25) is 9.69 Å². The third-order valence-electron chi connectivity index (χ3n) is 7.48. The molecular formula is C24H36N8O2S. The molecular weight excluding hydrogens is 464 g/mol. The fourth-order valence-corrected chi connectivity index (χ4v) is 6.12. The molecule has 2 aromatic heterocycles. The van der Waals surface area contributed by atoms with Gasteiger partial charge in [0.2, 0.25) is 16.2 Å². The molecule has 0 bridgehead atoms. The van der Waals surface area contributed by atoms with Gasteiger partial charge in [0.25, 0.3) is 0 Å². The summed E-state index contributed by atoms with van der Waals surface area (Å²) >= 11 is 1.37. The van der Waals surface area contributed by atoms with Crippen molar-refractivity contribution in [1.29, 1.82) is 0 Å². The highest BCUT2D eigenvalue weighted by Gasteiger charge is 2.33. The SMILES string of the molecule is CC1(C)CCC(N2CCOC(CC(=O)Nc3nnc(N[C@@H]4CCN(c5cccnn5)C4)s3)C2)CC1. The second-order valence-corrected chi connectivity index (χ2v) is 11.7. The van der Waals surface area contributed by atoms with Gasteiger partial charge in [0.05, 0.1) is 19.1 Å². The molecule has 190 valence electrons. The van der Waals surface area contributed by atoms with Gasteiger partial charge in [-0.25, -0.2) is 0 Å². The number of hydrogen-bond acceptors (Lipinski definition) is 10. The number of rotatable bonds is 7. The Morgan fingerprint density at radius 1 is 1.14 bits per heavy atom. The Balaban J connectivity index is 1.06. The van der Waals surface area contributed by atoms with Gasteiger partial charge in [-0.1, -0.05) is 25.2 Å². The maximum Gasteiger partial charge on any atom is 0.228 e. The Labute approximate surface area is 210 Å². The van der Waals surface area contributed by atoms with Crippen LogP contribution in [0.4, 0.5) is 16.1 Å². The fourth-order valence-electron chi connectivity index (χ4n) is 5.38. The second kappa shape index (κ2) is 10.7. The van der Waals surface area contributed by atoms with Gasteiger partial charge in [0, 0.05) is 44.5 Å². The van der Waals surface area contributed by atoms with E-state index < -0.39 is 0 Å². The molecule has 1 aliphatic carbocycles. The zero-order valence-electron chi connectivity index (χ0n) is 20.7. The van der Waals surface area contributed by atoms with Crippen molar-refractivity contribution in [2.75, 3.05) is 48.3 Å². The number of nitrogens with zero attached hydrogens (tertiary/aromatic N) is 6. The first-order chi connectivity index (χ1) is 16.9. The van der Waals surface area contributed by atoms with Crippen molar-refractivity contribution < 1.29 is 9.53 Å². The van der Waals surface area contributed by atoms with E-state index in [1.54, 1.807) is 6.20 Å². The van der Waals surface area contributed by atoms with E-state index in [2.05, 4.69) is 54.7 Å². The Kier molecular flexibility index (Phi) is 7.45. The minimum atomic E-state index is -0.0743. The molecule has 1 amide bonds. The van der Waals surface area contributed by atoms with Crippen LogP contribution in [0.15, 0.2) is 18.3 Å².